The van der Waals surface area contributed by atoms with Crippen LogP contribution in [0.4, 0.5) is 5.82 Å². The summed E-state index contributed by atoms with van der Waals surface area (Å²) in [6.07, 6.45) is 1.36. The fourth-order valence-electron chi connectivity index (χ4n) is 3.66. The SMILES string of the molecule is COc1ccc(OCc2cc(-c3ccc(OC[C@@]4(C)Cn5cc([N+](=O)[O-])nc5O4)cc3)no2)cc1. The van der Waals surface area contributed by atoms with Crippen LogP contribution < -0.4 is 18.9 Å². The highest BCUT2D eigenvalue weighted by atomic mass is 16.6. The Bertz CT molecular complexity index is 1310. The highest BCUT2D eigenvalue weighted by Crippen LogP contribution is 2.32. The Kier molecular flexibility index (Phi) is 5.73. The second-order valence-electron chi connectivity index (χ2n) is 8.27. The molecule has 35 heavy (non-hydrogen) atoms. The highest BCUT2D eigenvalue weighted by molar-refractivity contribution is 5.59. The molecule has 0 N–H and O–H groups in total. The predicted octanol–water partition coefficient (Wildman–Crippen LogP) is 4.26. The van der Waals surface area contributed by atoms with E-state index in [9.17, 15) is 10.1 Å². The van der Waals surface area contributed by atoms with Crippen LogP contribution in [0.1, 0.15) is 12.7 Å². The number of nitro groups is 1. The summed E-state index contributed by atoms with van der Waals surface area (Å²) in [6.45, 7) is 2.77. The number of imidazole rings is 1. The molecule has 11 heteroatoms. The zero-order valence-electron chi connectivity index (χ0n) is 19.0. The Labute approximate surface area is 199 Å². The number of ether oxygens (including phenoxy) is 4. The third kappa shape index (κ3) is 4.88. The van der Waals surface area contributed by atoms with Crippen molar-refractivity contribution in [3.8, 4) is 34.5 Å². The summed E-state index contributed by atoms with van der Waals surface area (Å²) in [5.41, 5.74) is 0.872. The van der Waals surface area contributed by atoms with Gasteiger partial charge in [0.1, 0.15) is 42.4 Å². The molecule has 0 saturated heterocycles. The number of hydrogen-bond acceptors (Lipinski definition) is 9. The van der Waals surface area contributed by atoms with Crippen molar-refractivity contribution in [2.45, 2.75) is 25.7 Å². The normalized spacial score (nSPS) is 16.4. The number of hydrogen-bond donors (Lipinski definition) is 0. The number of rotatable bonds is 9. The molecule has 11 nitrogen and oxygen atoms in total. The fraction of sp³-hybridized carbons (Fsp3) is 0.250. The molecule has 5 rings (SSSR count). The molecule has 3 heterocycles. The second-order valence-corrected chi connectivity index (χ2v) is 8.27. The molecule has 0 spiro atoms. The van der Waals surface area contributed by atoms with Crippen LogP contribution in [0, 0.1) is 10.1 Å². The predicted molar refractivity (Wildman–Crippen MR) is 123 cm³/mol. The third-order valence-corrected chi connectivity index (χ3v) is 5.45. The van der Waals surface area contributed by atoms with Crippen LogP contribution >= 0.6 is 0 Å². The fourth-order valence-corrected chi connectivity index (χ4v) is 3.66. The van der Waals surface area contributed by atoms with Gasteiger partial charge in [-0.15, -0.1) is 0 Å². The summed E-state index contributed by atoms with van der Waals surface area (Å²) in [6, 6.07) is 16.8. The van der Waals surface area contributed by atoms with Gasteiger partial charge in [0.05, 0.1) is 13.7 Å². The average Bonchev–Trinajstić information content (AvgIpc) is 3.56. The minimum atomic E-state index is -0.680. The first-order chi connectivity index (χ1) is 16.9. The molecule has 180 valence electrons. The van der Waals surface area contributed by atoms with Gasteiger partial charge in [-0.2, -0.15) is 0 Å². The first kappa shape index (κ1) is 22.3. The van der Waals surface area contributed by atoms with E-state index in [0.717, 1.165) is 11.3 Å². The molecule has 1 atom stereocenters. The van der Waals surface area contributed by atoms with Crippen LogP contribution in [0.5, 0.6) is 23.3 Å². The smallest absolute Gasteiger partial charge is 0.415 e. The van der Waals surface area contributed by atoms with E-state index in [-0.39, 0.29) is 25.0 Å². The molecule has 0 bridgehead atoms. The maximum atomic E-state index is 10.9. The average molecular weight is 478 g/mol. The summed E-state index contributed by atoms with van der Waals surface area (Å²) in [7, 11) is 1.61. The molecule has 1 aliphatic heterocycles. The largest absolute Gasteiger partial charge is 0.497 e. The summed E-state index contributed by atoms with van der Waals surface area (Å²) < 4.78 is 29.6. The van der Waals surface area contributed by atoms with E-state index in [2.05, 4.69) is 10.1 Å². The summed E-state index contributed by atoms with van der Waals surface area (Å²) in [4.78, 5) is 14.2. The van der Waals surface area contributed by atoms with E-state index in [0.29, 0.717) is 29.5 Å². The van der Waals surface area contributed by atoms with Gasteiger partial charge < -0.3 is 33.6 Å². The Morgan fingerprint density at radius 1 is 1.09 bits per heavy atom. The Morgan fingerprint density at radius 2 is 1.77 bits per heavy atom. The first-order valence-corrected chi connectivity index (χ1v) is 10.8. The lowest BCUT2D eigenvalue weighted by atomic mass is 10.1. The lowest BCUT2D eigenvalue weighted by molar-refractivity contribution is -0.389. The van der Waals surface area contributed by atoms with Crippen LogP contribution in [0.3, 0.4) is 0 Å². The van der Waals surface area contributed by atoms with Crippen LogP contribution in [0.25, 0.3) is 11.3 Å². The van der Waals surface area contributed by atoms with E-state index in [1.807, 2.05) is 61.5 Å². The number of nitrogens with zero attached hydrogens (tertiary/aromatic N) is 4. The zero-order valence-corrected chi connectivity index (χ0v) is 19.0. The van der Waals surface area contributed by atoms with Crippen molar-refractivity contribution >= 4 is 5.82 Å². The molecule has 0 saturated carbocycles. The van der Waals surface area contributed by atoms with Crippen molar-refractivity contribution in [2.24, 2.45) is 0 Å². The molecule has 0 unspecified atom stereocenters. The Hall–Kier alpha value is -4.54. The third-order valence-electron chi connectivity index (χ3n) is 5.45. The van der Waals surface area contributed by atoms with Gasteiger partial charge >= 0.3 is 11.8 Å². The van der Waals surface area contributed by atoms with Gasteiger partial charge in [0.15, 0.2) is 11.4 Å². The van der Waals surface area contributed by atoms with Gasteiger partial charge in [0.2, 0.25) is 0 Å². The summed E-state index contributed by atoms with van der Waals surface area (Å²) in [5.74, 6) is 2.48. The van der Waals surface area contributed by atoms with E-state index >= 15 is 0 Å². The molecule has 4 aromatic rings. The van der Waals surface area contributed by atoms with Crippen molar-refractivity contribution in [1.29, 1.82) is 0 Å². The molecular weight excluding hydrogens is 456 g/mol. The van der Waals surface area contributed by atoms with Gasteiger partial charge in [0, 0.05) is 16.6 Å². The number of benzene rings is 2. The molecule has 0 aliphatic carbocycles. The zero-order chi connectivity index (χ0) is 24.4. The van der Waals surface area contributed by atoms with E-state index in [4.69, 9.17) is 23.5 Å². The van der Waals surface area contributed by atoms with Crippen LogP contribution in [0.2, 0.25) is 0 Å². The highest BCUT2D eigenvalue weighted by Gasteiger charge is 2.41. The van der Waals surface area contributed by atoms with Crippen LogP contribution in [-0.4, -0.2) is 38.9 Å². The van der Waals surface area contributed by atoms with Crippen molar-refractivity contribution in [3.05, 3.63) is 76.7 Å². The minimum Gasteiger partial charge on any atom is -0.497 e. The molecule has 2 aromatic carbocycles. The van der Waals surface area contributed by atoms with Gasteiger partial charge in [0.25, 0.3) is 0 Å². The van der Waals surface area contributed by atoms with Crippen LogP contribution in [0.15, 0.2) is 65.3 Å². The molecule has 2 aromatic heterocycles. The lowest BCUT2D eigenvalue weighted by Gasteiger charge is -2.22. The number of aromatic nitrogens is 3. The van der Waals surface area contributed by atoms with E-state index < -0.39 is 10.5 Å². The van der Waals surface area contributed by atoms with Crippen molar-refractivity contribution in [1.82, 2.24) is 14.7 Å². The molecule has 0 amide bonds. The standard InChI is InChI=1S/C24H22N4O7/c1-24(14-27-12-22(28(29)30)25-23(27)34-24)15-33-19-5-3-16(4-6-19)21-11-20(35-26-21)13-32-18-9-7-17(31-2)8-10-18/h3-12H,13-15H2,1-2H3/t24-/m1/s1. The number of fused-ring (bicyclic) bond motifs is 1. The van der Waals surface area contributed by atoms with Crippen molar-refractivity contribution < 1.29 is 28.4 Å². The van der Waals surface area contributed by atoms with Gasteiger partial charge in [-0.05, 0) is 60.4 Å². The maximum absolute atomic E-state index is 10.9. The van der Waals surface area contributed by atoms with Gasteiger partial charge in [-0.3, -0.25) is 4.57 Å². The van der Waals surface area contributed by atoms with Crippen LogP contribution in [-0.2, 0) is 13.2 Å². The van der Waals surface area contributed by atoms with Crippen molar-refractivity contribution in [3.63, 3.8) is 0 Å². The lowest BCUT2D eigenvalue weighted by Crippen LogP contribution is -2.38. The minimum absolute atomic E-state index is 0.218. The van der Waals surface area contributed by atoms with E-state index in [1.54, 1.807) is 11.7 Å². The molecule has 0 radical (unpaired) electrons. The second kappa shape index (κ2) is 9.01. The van der Waals surface area contributed by atoms with Gasteiger partial charge in [-0.1, -0.05) is 5.16 Å². The molecule has 1 aliphatic rings. The molecule has 0 fully saturated rings. The van der Waals surface area contributed by atoms with Crippen molar-refractivity contribution in [2.75, 3.05) is 13.7 Å². The topological polar surface area (TPSA) is 124 Å². The maximum Gasteiger partial charge on any atom is 0.415 e. The summed E-state index contributed by atoms with van der Waals surface area (Å²) >= 11 is 0. The van der Waals surface area contributed by atoms with E-state index in [1.165, 1.54) is 6.20 Å². The Morgan fingerprint density at radius 3 is 2.46 bits per heavy atom. The number of methoxy groups -OCH3 is 1. The summed E-state index contributed by atoms with van der Waals surface area (Å²) in [5, 5.41) is 15.0. The first-order valence-electron chi connectivity index (χ1n) is 10.8. The molecular formula is C24H22N4O7. The Balaban J connectivity index is 1.14. The monoisotopic (exact) mass is 478 g/mol. The van der Waals surface area contributed by atoms with Gasteiger partial charge in [-0.25, -0.2) is 0 Å². The quantitative estimate of drug-likeness (QED) is 0.256.